The highest BCUT2D eigenvalue weighted by atomic mass is 35.5. The summed E-state index contributed by atoms with van der Waals surface area (Å²) in [6.45, 7) is 1.66. The van der Waals surface area contributed by atoms with Gasteiger partial charge in [-0.1, -0.05) is 23.2 Å². The van der Waals surface area contributed by atoms with Crippen molar-refractivity contribution in [3.05, 3.63) is 22.2 Å². The maximum Gasteiger partial charge on any atom is 0.0637 e. The van der Waals surface area contributed by atoms with Gasteiger partial charge in [0, 0.05) is 20.2 Å². The molecule has 1 rings (SSSR count). The summed E-state index contributed by atoms with van der Waals surface area (Å²) < 4.78 is 5.01. The van der Waals surface area contributed by atoms with Crippen molar-refractivity contribution in [2.24, 2.45) is 0 Å². The highest BCUT2D eigenvalue weighted by Crippen LogP contribution is 2.32. The van der Waals surface area contributed by atoms with Crippen LogP contribution in [-0.4, -0.2) is 38.5 Å². The van der Waals surface area contributed by atoms with Crippen LogP contribution in [0.2, 0.25) is 10.0 Å². The second kappa shape index (κ2) is 6.91. The summed E-state index contributed by atoms with van der Waals surface area (Å²) in [4.78, 5) is 1.90. The van der Waals surface area contributed by atoms with E-state index in [-0.39, 0.29) is 6.61 Å². The van der Waals surface area contributed by atoms with Crippen LogP contribution in [-0.2, 0) is 4.74 Å². The van der Waals surface area contributed by atoms with Gasteiger partial charge >= 0.3 is 0 Å². The number of benzene rings is 1. The fraction of sp³-hybridized carbons (Fsp3) is 0.455. The Morgan fingerprint density at radius 3 is 2.53 bits per heavy atom. The molecule has 0 unspecified atom stereocenters. The van der Waals surface area contributed by atoms with Crippen LogP contribution < -0.4 is 10.6 Å². The largest absolute Gasteiger partial charge is 0.397 e. The number of halogens is 2. The molecule has 0 bridgehead atoms. The van der Waals surface area contributed by atoms with E-state index in [1.807, 2.05) is 4.90 Å². The van der Waals surface area contributed by atoms with Gasteiger partial charge in [0.1, 0.15) is 0 Å². The van der Waals surface area contributed by atoms with Gasteiger partial charge in [0.2, 0.25) is 0 Å². The number of aliphatic hydroxyl groups excluding tert-OH is 1. The minimum atomic E-state index is 0.0312. The van der Waals surface area contributed by atoms with E-state index in [1.165, 1.54) is 0 Å². The van der Waals surface area contributed by atoms with Crippen LogP contribution in [0.4, 0.5) is 11.4 Å². The minimum absolute atomic E-state index is 0.0312. The average molecular weight is 279 g/mol. The molecule has 0 atom stereocenters. The van der Waals surface area contributed by atoms with Crippen molar-refractivity contribution in [1.29, 1.82) is 0 Å². The lowest BCUT2D eigenvalue weighted by Crippen LogP contribution is -2.30. The molecule has 0 aliphatic heterocycles. The average Bonchev–Trinajstić information content (AvgIpc) is 2.29. The third kappa shape index (κ3) is 3.92. The molecular weight excluding hydrogens is 263 g/mol. The van der Waals surface area contributed by atoms with Gasteiger partial charge in [-0.15, -0.1) is 0 Å². The van der Waals surface area contributed by atoms with Gasteiger partial charge in [-0.25, -0.2) is 0 Å². The lowest BCUT2D eigenvalue weighted by atomic mass is 10.2. The van der Waals surface area contributed by atoms with Gasteiger partial charge in [0.15, 0.2) is 0 Å². The van der Waals surface area contributed by atoms with E-state index in [2.05, 4.69) is 0 Å². The number of rotatable bonds is 6. The lowest BCUT2D eigenvalue weighted by molar-refractivity contribution is 0.203. The highest BCUT2D eigenvalue weighted by Gasteiger charge is 2.12. The van der Waals surface area contributed by atoms with Gasteiger partial charge in [0.05, 0.1) is 34.6 Å². The number of aliphatic hydroxyl groups is 1. The number of hydrogen-bond acceptors (Lipinski definition) is 4. The first kappa shape index (κ1) is 14.4. The molecule has 0 fully saturated rings. The molecule has 0 saturated carbocycles. The predicted octanol–water partition coefficient (Wildman–Crippen LogP) is 2.02. The molecule has 0 spiro atoms. The van der Waals surface area contributed by atoms with E-state index in [1.54, 1.807) is 19.2 Å². The van der Waals surface area contributed by atoms with E-state index in [0.717, 1.165) is 5.69 Å². The number of nitrogens with zero attached hydrogens (tertiary/aromatic N) is 1. The van der Waals surface area contributed by atoms with Gasteiger partial charge in [-0.05, 0) is 12.1 Å². The minimum Gasteiger partial charge on any atom is -0.397 e. The Labute approximate surface area is 111 Å². The van der Waals surface area contributed by atoms with E-state index in [0.29, 0.717) is 35.4 Å². The molecule has 0 saturated heterocycles. The smallest absolute Gasteiger partial charge is 0.0637 e. The van der Waals surface area contributed by atoms with Crippen molar-refractivity contribution in [3.8, 4) is 0 Å². The topological polar surface area (TPSA) is 58.7 Å². The molecule has 3 N–H and O–H groups in total. The van der Waals surface area contributed by atoms with Crippen LogP contribution in [0.15, 0.2) is 12.1 Å². The Morgan fingerprint density at radius 1 is 1.29 bits per heavy atom. The Balaban J connectivity index is 2.96. The first-order valence-electron chi connectivity index (χ1n) is 5.19. The molecule has 0 aromatic heterocycles. The Kier molecular flexibility index (Phi) is 5.85. The standard InChI is InChI=1S/C11H16Cl2N2O2/c1-17-5-3-15(2-4-16)11-7-9(13)8(12)6-10(11)14/h6-7,16H,2-5,14H2,1H3. The second-order valence-electron chi connectivity index (χ2n) is 3.53. The molecule has 6 heteroatoms. The second-order valence-corrected chi connectivity index (χ2v) is 4.34. The zero-order valence-corrected chi connectivity index (χ0v) is 11.1. The van der Waals surface area contributed by atoms with Crippen molar-refractivity contribution in [2.45, 2.75) is 0 Å². The number of hydrogen-bond donors (Lipinski definition) is 2. The van der Waals surface area contributed by atoms with Crippen LogP contribution in [0.5, 0.6) is 0 Å². The van der Waals surface area contributed by atoms with Crippen LogP contribution in [0.1, 0.15) is 0 Å². The SMILES string of the molecule is COCCN(CCO)c1cc(Cl)c(Cl)cc1N. The summed E-state index contributed by atoms with van der Waals surface area (Å²) >= 11 is 11.8. The molecule has 0 amide bonds. The maximum atomic E-state index is 9.03. The lowest BCUT2D eigenvalue weighted by Gasteiger charge is -2.25. The third-order valence-electron chi connectivity index (χ3n) is 2.35. The van der Waals surface area contributed by atoms with Gasteiger partial charge in [0.25, 0.3) is 0 Å². The highest BCUT2D eigenvalue weighted by molar-refractivity contribution is 6.42. The normalized spacial score (nSPS) is 10.6. The quantitative estimate of drug-likeness (QED) is 0.782. The van der Waals surface area contributed by atoms with Crippen LogP contribution >= 0.6 is 23.2 Å². The third-order valence-corrected chi connectivity index (χ3v) is 3.07. The molecule has 1 aromatic rings. The summed E-state index contributed by atoms with van der Waals surface area (Å²) in [5.41, 5.74) is 7.17. The predicted molar refractivity (Wildman–Crippen MR) is 72.0 cm³/mol. The molecular formula is C11H16Cl2N2O2. The zero-order valence-electron chi connectivity index (χ0n) is 9.62. The van der Waals surface area contributed by atoms with Crippen LogP contribution in [0, 0.1) is 0 Å². The van der Waals surface area contributed by atoms with Crippen LogP contribution in [0.25, 0.3) is 0 Å². The molecule has 0 heterocycles. The summed E-state index contributed by atoms with van der Waals surface area (Å²) in [5, 5.41) is 9.89. The fourth-order valence-electron chi connectivity index (χ4n) is 1.50. The number of ether oxygens (including phenoxy) is 1. The van der Waals surface area contributed by atoms with Gasteiger partial charge in [-0.2, -0.15) is 0 Å². The van der Waals surface area contributed by atoms with Crippen LogP contribution in [0.3, 0.4) is 0 Å². The summed E-state index contributed by atoms with van der Waals surface area (Å²) in [7, 11) is 1.62. The van der Waals surface area contributed by atoms with E-state index in [9.17, 15) is 0 Å². The van der Waals surface area contributed by atoms with Crippen molar-refractivity contribution in [3.63, 3.8) is 0 Å². The Hall–Kier alpha value is -0.680. The Morgan fingerprint density at radius 2 is 1.94 bits per heavy atom. The van der Waals surface area contributed by atoms with Crippen molar-refractivity contribution in [2.75, 3.05) is 44.0 Å². The Bertz CT molecular complexity index is 375. The van der Waals surface area contributed by atoms with E-state index in [4.69, 9.17) is 38.8 Å². The number of nitrogen functional groups attached to an aromatic ring is 1. The fourth-order valence-corrected chi connectivity index (χ4v) is 1.83. The zero-order chi connectivity index (χ0) is 12.8. The molecule has 4 nitrogen and oxygen atoms in total. The maximum absolute atomic E-state index is 9.03. The first-order chi connectivity index (χ1) is 8.10. The molecule has 1 aromatic carbocycles. The molecule has 0 radical (unpaired) electrons. The van der Waals surface area contributed by atoms with E-state index >= 15 is 0 Å². The summed E-state index contributed by atoms with van der Waals surface area (Å²) in [6.07, 6.45) is 0. The molecule has 0 aliphatic rings. The summed E-state index contributed by atoms with van der Waals surface area (Å²) in [5.74, 6) is 0. The van der Waals surface area contributed by atoms with E-state index < -0.39 is 0 Å². The summed E-state index contributed by atoms with van der Waals surface area (Å²) in [6, 6.07) is 3.31. The number of anilines is 2. The molecule has 96 valence electrons. The van der Waals surface area contributed by atoms with Gasteiger partial charge in [-0.3, -0.25) is 0 Å². The first-order valence-corrected chi connectivity index (χ1v) is 5.95. The molecule has 17 heavy (non-hydrogen) atoms. The van der Waals surface area contributed by atoms with Crippen molar-refractivity contribution < 1.29 is 9.84 Å². The van der Waals surface area contributed by atoms with Crippen molar-refractivity contribution >= 4 is 34.6 Å². The molecule has 0 aliphatic carbocycles. The number of methoxy groups -OCH3 is 1. The monoisotopic (exact) mass is 278 g/mol. The van der Waals surface area contributed by atoms with Crippen molar-refractivity contribution in [1.82, 2.24) is 0 Å². The number of nitrogens with two attached hydrogens (primary N) is 1. The van der Waals surface area contributed by atoms with Gasteiger partial charge < -0.3 is 20.5 Å².